The fourth-order valence-corrected chi connectivity index (χ4v) is 1.64. The quantitative estimate of drug-likeness (QED) is 0.753. The number of rotatable bonds is 2. The summed E-state index contributed by atoms with van der Waals surface area (Å²) in [6.45, 7) is 0. The summed E-state index contributed by atoms with van der Waals surface area (Å²) in [6, 6.07) is 6.00. The second kappa shape index (κ2) is 4.33. The Bertz CT molecular complexity index is 584. The zero-order valence-corrected chi connectivity index (χ0v) is 9.53. The van der Waals surface area contributed by atoms with Crippen molar-refractivity contribution in [2.75, 3.05) is 0 Å². The van der Waals surface area contributed by atoms with Gasteiger partial charge >= 0.3 is 6.18 Å². The van der Waals surface area contributed by atoms with Crippen LogP contribution in [0.3, 0.4) is 0 Å². The number of aryl methyl sites for hydroxylation is 1. The van der Waals surface area contributed by atoms with E-state index in [2.05, 4.69) is 0 Å². The number of halogens is 3. The number of hydrogen-bond acceptors (Lipinski definition) is 1. The predicted molar refractivity (Wildman–Crippen MR) is 60.3 cm³/mol. The van der Waals surface area contributed by atoms with Crippen LogP contribution in [0.2, 0.25) is 0 Å². The first-order valence-electron chi connectivity index (χ1n) is 5.22. The molecule has 0 spiro atoms. The lowest BCUT2D eigenvalue weighted by Gasteiger charge is -2.07. The van der Waals surface area contributed by atoms with Crippen LogP contribution in [0, 0.1) is 0 Å². The molecule has 0 aliphatic heterocycles. The van der Waals surface area contributed by atoms with E-state index in [1.165, 1.54) is 12.1 Å². The van der Waals surface area contributed by atoms with Crippen LogP contribution in [0.1, 0.15) is 21.5 Å². The zero-order chi connectivity index (χ0) is 13.3. The van der Waals surface area contributed by atoms with Gasteiger partial charge in [0.1, 0.15) is 0 Å². The molecule has 5 heteroatoms. The van der Waals surface area contributed by atoms with Gasteiger partial charge in [-0.25, -0.2) is 0 Å². The number of alkyl halides is 3. The van der Waals surface area contributed by atoms with Gasteiger partial charge in [-0.15, -0.1) is 0 Å². The van der Waals surface area contributed by atoms with Crippen LogP contribution in [0.15, 0.2) is 42.7 Å². The minimum absolute atomic E-state index is 0.0380. The average Bonchev–Trinajstić information content (AvgIpc) is 2.74. The van der Waals surface area contributed by atoms with Gasteiger partial charge in [-0.2, -0.15) is 13.2 Å². The summed E-state index contributed by atoms with van der Waals surface area (Å²) in [7, 11) is 1.74. The predicted octanol–water partition coefficient (Wildman–Crippen LogP) is 3.27. The molecule has 2 aromatic rings. The van der Waals surface area contributed by atoms with E-state index in [1.54, 1.807) is 30.1 Å². The number of benzene rings is 1. The van der Waals surface area contributed by atoms with Crippen molar-refractivity contribution in [2.24, 2.45) is 7.05 Å². The van der Waals surface area contributed by atoms with Gasteiger partial charge in [0.2, 0.25) is 0 Å². The third-order valence-electron chi connectivity index (χ3n) is 2.55. The van der Waals surface area contributed by atoms with Crippen LogP contribution < -0.4 is 0 Å². The molecule has 1 aromatic heterocycles. The second-order valence-electron chi connectivity index (χ2n) is 3.97. The highest BCUT2D eigenvalue weighted by Gasteiger charge is 2.30. The molecule has 0 amide bonds. The summed E-state index contributed by atoms with van der Waals surface area (Å²) in [5.74, 6) is -0.415. The van der Waals surface area contributed by atoms with Gasteiger partial charge in [-0.05, 0) is 18.2 Å². The van der Waals surface area contributed by atoms with Gasteiger partial charge in [0.15, 0.2) is 5.78 Å². The SMILES string of the molecule is Cn1ccc(C(=O)c2cccc(C(F)(F)F)c2)c1. The van der Waals surface area contributed by atoms with E-state index in [9.17, 15) is 18.0 Å². The normalized spacial score (nSPS) is 11.6. The Morgan fingerprint density at radius 1 is 1.17 bits per heavy atom. The summed E-state index contributed by atoms with van der Waals surface area (Å²) in [4.78, 5) is 12.0. The molecule has 0 aliphatic rings. The van der Waals surface area contributed by atoms with Crippen LogP contribution >= 0.6 is 0 Å². The van der Waals surface area contributed by atoms with E-state index < -0.39 is 17.5 Å². The summed E-state index contributed by atoms with van der Waals surface area (Å²) < 4.78 is 39.2. The van der Waals surface area contributed by atoms with Crippen molar-refractivity contribution < 1.29 is 18.0 Å². The average molecular weight is 253 g/mol. The molecular formula is C13H10F3NO. The highest BCUT2D eigenvalue weighted by atomic mass is 19.4. The third kappa shape index (κ3) is 2.45. The Hall–Kier alpha value is -2.04. The fraction of sp³-hybridized carbons (Fsp3) is 0.154. The highest BCUT2D eigenvalue weighted by Crippen LogP contribution is 2.29. The number of hydrogen-bond donors (Lipinski definition) is 0. The van der Waals surface area contributed by atoms with E-state index in [4.69, 9.17) is 0 Å². The molecule has 0 atom stereocenters. The van der Waals surface area contributed by atoms with Crippen molar-refractivity contribution in [3.8, 4) is 0 Å². The third-order valence-corrected chi connectivity index (χ3v) is 2.55. The molecule has 2 nitrogen and oxygen atoms in total. The van der Waals surface area contributed by atoms with E-state index in [1.807, 2.05) is 0 Å². The molecule has 18 heavy (non-hydrogen) atoms. The van der Waals surface area contributed by atoms with Gasteiger partial charge in [-0.1, -0.05) is 12.1 Å². The van der Waals surface area contributed by atoms with Crippen molar-refractivity contribution in [1.82, 2.24) is 4.57 Å². The van der Waals surface area contributed by atoms with E-state index >= 15 is 0 Å². The maximum absolute atomic E-state index is 12.5. The second-order valence-corrected chi connectivity index (χ2v) is 3.97. The van der Waals surface area contributed by atoms with Crippen molar-refractivity contribution >= 4 is 5.78 Å². The Labute approximate surface area is 102 Å². The molecule has 1 heterocycles. The Balaban J connectivity index is 2.37. The van der Waals surface area contributed by atoms with Crippen LogP contribution in [0.4, 0.5) is 13.2 Å². The van der Waals surface area contributed by atoms with Crippen LogP contribution in [0.25, 0.3) is 0 Å². The molecular weight excluding hydrogens is 243 g/mol. The Kier molecular flexibility index (Phi) is 2.98. The number of carbonyl (C=O) groups excluding carboxylic acids is 1. The van der Waals surface area contributed by atoms with Gasteiger partial charge in [0, 0.05) is 30.6 Å². The summed E-state index contributed by atoms with van der Waals surface area (Å²) in [6.07, 6.45) is -1.20. The van der Waals surface area contributed by atoms with Gasteiger partial charge in [-0.3, -0.25) is 4.79 Å². The molecule has 0 bridgehead atoms. The number of aromatic nitrogens is 1. The first-order chi connectivity index (χ1) is 8.38. The lowest BCUT2D eigenvalue weighted by molar-refractivity contribution is -0.137. The van der Waals surface area contributed by atoms with Crippen LogP contribution in [-0.4, -0.2) is 10.4 Å². The van der Waals surface area contributed by atoms with Gasteiger partial charge < -0.3 is 4.57 Å². The van der Waals surface area contributed by atoms with Crippen molar-refractivity contribution in [3.05, 3.63) is 59.4 Å². The number of carbonyl (C=O) groups is 1. The molecule has 0 aliphatic carbocycles. The zero-order valence-electron chi connectivity index (χ0n) is 9.53. The molecule has 94 valence electrons. The topological polar surface area (TPSA) is 22.0 Å². The minimum atomic E-state index is -4.44. The van der Waals surface area contributed by atoms with Crippen LogP contribution in [-0.2, 0) is 13.2 Å². The van der Waals surface area contributed by atoms with Crippen molar-refractivity contribution in [3.63, 3.8) is 0 Å². The molecule has 0 N–H and O–H groups in total. The lowest BCUT2D eigenvalue weighted by Crippen LogP contribution is -2.07. The highest BCUT2D eigenvalue weighted by molar-refractivity contribution is 6.09. The molecule has 0 radical (unpaired) electrons. The van der Waals surface area contributed by atoms with Gasteiger partial charge in [0.25, 0.3) is 0 Å². The van der Waals surface area contributed by atoms with Crippen molar-refractivity contribution in [2.45, 2.75) is 6.18 Å². The first-order valence-corrected chi connectivity index (χ1v) is 5.22. The largest absolute Gasteiger partial charge is 0.416 e. The van der Waals surface area contributed by atoms with Crippen LogP contribution in [0.5, 0.6) is 0 Å². The molecule has 0 saturated carbocycles. The molecule has 1 aromatic carbocycles. The Morgan fingerprint density at radius 2 is 1.89 bits per heavy atom. The monoisotopic (exact) mass is 253 g/mol. The molecule has 0 saturated heterocycles. The Morgan fingerprint density at radius 3 is 2.44 bits per heavy atom. The maximum Gasteiger partial charge on any atom is 0.416 e. The summed E-state index contributed by atoms with van der Waals surface area (Å²) in [5, 5.41) is 0. The minimum Gasteiger partial charge on any atom is -0.357 e. The van der Waals surface area contributed by atoms with E-state index in [0.29, 0.717) is 5.56 Å². The van der Waals surface area contributed by atoms with Crippen molar-refractivity contribution in [1.29, 1.82) is 0 Å². The molecule has 0 fully saturated rings. The summed E-state index contributed by atoms with van der Waals surface area (Å²) >= 11 is 0. The van der Waals surface area contributed by atoms with Gasteiger partial charge in [0.05, 0.1) is 5.56 Å². The lowest BCUT2D eigenvalue weighted by atomic mass is 10.0. The van der Waals surface area contributed by atoms with E-state index in [0.717, 1.165) is 12.1 Å². The smallest absolute Gasteiger partial charge is 0.357 e. The van der Waals surface area contributed by atoms with E-state index in [-0.39, 0.29) is 5.56 Å². The standard InChI is InChI=1S/C13H10F3NO/c1-17-6-5-10(8-17)12(18)9-3-2-4-11(7-9)13(14,15)16/h2-8H,1H3. The number of nitrogens with zero attached hydrogens (tertiary/aromatic N) is 1. The molecule has 0 unspecified atom stereocenters. The fourth-order valence-electron chi connectivity index (χ4n) is 1.64. The molecule has 2 rings (SSSR count). The maximum atomic E-state index is 12.5. The summed E-state index contributed by atoms with van der Waals surface area (Å²) in [5.41, 5.74) is -0.405. The number of ketones is 1. The first kappa shape index (κ1) is 12.4.